The first kappa shape index (κ1) is 24.8. The van der Waals surface area contributed by atoms with Crippen LogP contribution in [0.1, 0.15) is 0 Å². The van der Waals surface area contributed by atoms with Crippen molar-refractivity contribution in [2.24, 2.45) is 0 Å². The summed E-state index contributed by atoms with van der Waals surface area (Å²) >= 11 is 1.87. The minimum absolute atomic E-state index is 1.16. The van der Waals surface area contributed by atoms with Gasteiger partial charge in [-0.05, 0) is 77.9 Å². The Labute approximate surface area is 263 Å². The lowest BCUT2D eigenvalue weighted by molar-refractivity contribution is 1.16. The smallest absolute Gasteiger partial charge is 0.0562 e. The Hall–Kier alpha value is -5.64. The molecule has 3 aromatic heterocycles. The second-order valence-corrected chi connectivity index (χ2v) is 12.9. The fraction of sp³-hybridized carbons (Fsp3) is 0. The number of nitrogens with zero attached hydrogens (tertiary/aromatic N) is 2. The Morgan fingerprint density at radius 1 is 0.311 bits per heavy atom. The molecule has 0 N–H and O–H groups in total. The summed E-state index contributed by atoms with van der Waals surface area (Å²) < 4.78 is 7.52. The van der Waals surface area contributed by atoms with Gasteiger partial charge in [0.2, 0.25) is 0 Å². The summed E-state index contributed by atoms with van der Waals surface area (Å²) in [4.78, 5) is 0. The van der Waals surface area contributed by atoms with Crippen LogP contribution in [0, 0.1) is 0 Å². The van der Waals surface area contributed by atoms with E-state index in [1.807, 2.05) is 11.3 Å². The zero-order chi connectivity index (χ0) is 29.5. The molecular formula is C42H26N2S. The Kier molecular flexibility index (Phi) is 5.19. The normalized spacial score (nSPS) is 12.0. The van der Waals surface area contributed by atoms with Crippen molar-refractivity contribution in [3.8, 4) is 22.5 Å². The molecule has 10 aromatic rings. The molecule has 210 valence electrons. The molecule has 0 saturated heterocycles. The summed E-state index contributed by atoms with van der Waals surface area (Å²) in [5.74, 6) is 0. The first-order valence-electron chi connectivity index (χ1n) is 15.4. The van der Waals surface area contributed by atoms with Gasteiger partial charge in [-0.15, -0.1) is 11.3 Å². The number of fused-ring (bicyclic) bond motifs is 9. The fourth-order valence-corrected chi connectivity index (χ4v) is 8.36. The zero-order valence-electron chi connectivity index (χ0n) is 24.3. The lowest BCUT2D eigenvalue weighted by Gasteiger charge is -2.10. The highest BCUT2D eigenvalue weighted by atomic mass is 32.1. The number of hydrogen-bond donors (Lipinski definition) is 0. The quantitative estimate of drug-likeness (QED) is 0.194. The standard InChI is InChI=1S/C42H26N2S/c1-3-11-29(12-4-1)43-37-17-9-7-15-31(37)34-25-35-32-21-19-28(27-20-22-42-36(23-27)33-16-8-10-18-41(33)45-42)24-38(32)44(40(35)26-39(34)43)30-13-5-2-6-14-30/h1-26H. The molecule has 0 aliphatic carbocycles. The van der Waals surface area contributed by atoms with Crippen molar-refractivity contribution in [2.45, 2.75) is 0 Å². The van der Waals surface area contributed by atoms with Crippen LogP contribution in [0.5, 0.6) is 0 Å². The highest BCUT2D eigenvalue weighted by Gasteiger charge is 2.19. The summed E-state index contributed by atoms with van der Waals surface area (Å²) in [7, 11) is 0. The summed E-state index contributed by atoms with van der Waals surface area (Å²) in [5.41, 5.74) is 9.66. The van der Waals surface area contributed by atoms with Gasteiger partial charge >= 0.3 is 0 Å². The van der Waals surface area contributed by atoms with E-state index in [9.17, 15) is 0 Å². The molecule has 3 heterocycles. The third-order valence-corrected chi connectivity index (χ3v) is 10.5. The second-order valence-electron chi connectivity index (χ2n) is 11.8. The van der Waals surface area contributed by atoms with Crippen LogP contribution in [0.25, 0.3) is 86.3 Å². The van der Waals surface area contributed by atoms with Crippen LogP contribution in [0.2, 0.25) is 0 Å². The van der Waals surface area contributed by atoms with Crippen molar-refractivity contribution in [1.82, 2.24) is 9.13 Å². The molecule has 10 rings (SSSR count). The van der Waals surface area contributed by atoms with Crippen LogP contribution in [-0.2, 0) is 0 Å². The first-order valence-corrected chi connectivity index (χ1v) is 16.2. The van der Waals surface area contributed by atoms with Crippen molar-refractivity contribution < 1.29 is 0 Å². The highest BCUT2D eigenvalue weighted by molar-refractivity contribution is 7.25. The monoisotopic (exact) mass is 590 g/mol. The number of para-hydroxylation sites is 3. The Bertz CT molecular complexity index is 2740. The van der Waals surface area contributed by atoms with Crippen LogP contribution in [0.3, 0.4) is 0 Å². The third-order valence-electron chi connectivity index (χ3n) is 9.30. The zero-order valence-corrected chi connectivity index (χ0v) is 25.1. The largest absolute Gasteiger partial charge is 0.309 e. The molecule has 0 aliphatic heterocycles. The summed E-state index contributed by atoms with van der Waals surface area (Å²) in [5, 5.41) is 7.73. The maximum atomic E-state index is 2.44. The molecule has 0 atom stereocenters. The van der Waals surface area contributed by atoms with Gasteiger partial charge in [0.25, 0.3) is 0 Å². The third kappa shape index (κ3) is 3.62. The summed E-state index contributed by atoms with van der Waals surface area (Å²) in [6.45, 7) is 0. The Balaban J connectivity index is 1.29. The lowest BCUT2D eigenvalue weighted by Crippen LogP contribution is -1.95. The maximum absolute atomic E-state index is 2.44. The van der Waals surface area contributed by atoms with Crippen LogP contribution >= 0.6 is 11.3 Å². The predicted molar refractivity (Wildman–Crippen MR) is 193 cm³/mol. The van der Waals surface area contributed by atoms with Gasteiger partial charge in [-0.1, -0.05) is 91.0 Å². The maximum Gasteiger partial charge on any atom is 0.0562 e. The van der Waals surface area contributed by atoms with Crippen LogP contribution < -0.4 is 0 Å². The number of rotatable bonds is 3. The Morgan fingerprint density at radius 2 is 0.844 bits per heavy atom. The number of benzene rings is 7. The topological polar surface area (TPSA) is 9.86 Å². The lowest BCUT2D eigenvalue weighted by atomic mass is 10.0. The molecule has 0 fully saturated rings. The molecule has 3 heteroatoms. The van der Waals surface area contributed by atoms with E-state index in [0.29, 0.717) is 0 Å². The number of aromatic nitrogens is 2. The van der Waals surface area contributed by atoms with Crippen LogP contribution in [-0.4, -0.2) is 9.13 Å². The van der Waals surface area contributed by atoms with Gasteiger partial charge < -0.3 is 9.13 Å². The fourth-order valence-electron chi connectivity index (χ4n) is 7.27. The van der Waals surface area contributed by atoms with Gasteiger partial charge in [0.15, 0.2) is 0 Å². The van der Waals surface area contributed by atoms with Crippen molar-refractivity contribution >= 4 is 75.1 Å². The summed E-state index contributed by atoms with van der Waals surface area (Å²) in [6.07, 6.45) is 0. The molecule has 0 unspecified atom stereocenters. The average molecular weight is 591 g/mol. The second kappa shape index (κ2) is 9.43. The van der Waals surface area contributed by atoms with Gasteiger partial charge in [-0.25, -0.2) is 0 Å². The van der Waals surface area contributed by atoms with E-state index >= 15 is 0 Å². The minimum atomic E-state index is 1.16. The number of hydrogen-bond acceptors (Lipinski definition) is 1. The van der Waals surface area contributed by atoms with Gasteiger partial charge in [0.1, 0.15) is 0 Å². The van der Waals surface area contributed by atoms with Gasteiger partial charge in [0.05, 0.1) is 22.1 Å². The first-order chi connectivity index (χ1) is 22.3. The number of thiophene rings is 1. The minimum Gasteiger partial charge on any atom is -0.309 e. The predicted octanol–water partition coefficient (Wildman–Crippen LogP) is 11.9. The average Bonchev–Trinajstić information content (AvgIpc) is 3.74. The van der Waals surface area contributed by atoms with E-state index < -0.39 is 0 Å². The molecule has 0 aliphatic rings. The van der Waals surface area contributed by atoms with Crippen molar-refractivity contribution in [2.75, 3.05) is 0 Å². The summed E-state index contributed by atoms with van der Waals surface area (Å²) in [6, 6.07) is 57.7. The SMILES string of the molecule is c1ccc(-n2c3ccccc3c3cc4c5ccc(-c6ccc7sc8ccccc8c7c6)cc5n(-c5ccccc5)c4cc32)cc1. The van der Waals surface area contributed by atoms with Gasteiger partial charge in [0, 0.05) is 53.1 Å². The van der Waals surface area contributed by atoms with Gasteiger partial charge in [-0.3, -0.25) is 0 Å². The molecule has 0 spiro atoms. The molecule has 0 saturated carbocycles. The van der Waals surface area contributed by atoms with Crippen molar-refractivity contribution in [3.05, 3.63) is 158 Å². The van der Waals surface area contributed by atoms with Crippen LogP contribution in [0.4, 0.5) is 0 Å². The van der Waals surface area contributed by atoms with E-state index in [1.165, 1.54) is 80.6 Å². The molecule has 0 bridgehead atoms. The molecular weight excluding hydrogens is 565 g/mol. The van der Waals surface area contributed by atoms with Crippen molar-refractivity contribution in [1.29, 1.82) is 0 Å². The van der Waals surface area contributed by atoms with Crippen molar-refractivity contribution in [3.63, 3.8) is 0 Å². The molecule has 45 heavy (non-hydrogen) atoms. The molecule has 7 aromatic carbocycles. The van der Waals surface area contributed by atoms with E-state index in [4.69, 9.17) is 0 Å². The molecule has 2 nitrogen and oxygen atoms in total. The van der Waals surface area contributed by atoms with E-state index in [-0.39, 0.29) is 0 Å². The Morgan fingerprint density at radius 3 is 1.60 bits per heavy atom. The van der Waals surface area contributed by atoms with E-state index in [0.717, 1.165) is 5.69 Å². The van der Waals surface area contributed by atoms with Crippen LogP contribution in [0.15, 0.2) is 158 Å². The van der Waals surface area contributed by atoms with E-state index in [2.05, 4.69) is 167 Å². The highest BCUT2D eigenvalue weighted by Crippen LogP contribution is 2.41. The van der Waals surface area contributed by atoms with E-state index in [1.54, 1.807) is 0 Å². The molecule has 0 amide bonds. The molecule has 0 radical (unpaired) electrons. The van der Waals surface area contributed by atoms with Gasteiger partial charge in [-0.2, -0.15) is 0 Å².